The molecule has 3 aromatic rings. The zero-order valence-electron chi connectivity index (χ0n) is 16.3. The highest BCUT2D eigenvalue weighted by Crippen LogP contribution is 2.24. The molecule has 148 valence electrons. The van der Waals surface area contributed by atoms with Gasteiger partial charge in [0.2, 0.25) is 11.9 Å². The molecule has 0 bridgehead atoms. The monoisotopic (exact) mass is 406 g/mol. The van der Waals surface area contributed by atoms with Crippen LogP contribution in [0.25, 0.3) is 11.1 Å². The fourth-order valence-electron chi connectivity index (χ4n) is 3.53. The summed E-state index contributed by atoms with van der Waals surface area (Å²) in [4.78, 5) is 23.9. The zero-order valence-corrected chi connectivity index (χ0v) is 17.1. The Morgan fingerprint density at radius 2 is 1.72 bits per heavy atom. The Morgan fingerprint density at radius 1 is 1.03 bits per heavy atom. The number of piperidine rings is 1. The number of carbonyl (C=O) groups is 1. The van der Waals surface area contributed by atoms with E-state index in [0.29, 0.717) is 17.5 Å². The number of halogens is 1. The van der Waals surface area contributed by atoms with Gasteiger partial charge in [-0.3, -0.25) is 4.79 Å². The average Bonchev–Trinajstić information content (AvgIpc) is 2.76. The van der Waals surface area contributed by atoms with Crippen LogP contribution in [0.1, 0.15) is 18.4 Å². The maximum atomic E-state index is 12.7. The third kappa shape index (κ3) is 4.74. The van der Waals surface area contributed by atoms with Crippen LogP contribution in [0.15, 0.2) is 60.9 Å². The van der Waals surface area contributed by atoms with Crippen molar-refractivity contribution in [2.24, 2.45) is 5.92 Å². The number of hydrogen-bond donors (Lipinski definition) is 1. The Kier molecular flexibility index (Phi) is 5.76. The van der Waals surface area contributed by atoms with Gasteiger partial charge in [-0.05, 0) is 49.6 Å². The predicted molar refractivity (Wildman–Crippen MR) is 117 cm³/mol. The van der Waals surface area contributed by atoms with Crippen LogP contribution in [0.2, 0.25) is 5.02 Å². The number of hydrogen-bond acceptors (Lipinski definition) is 4. The molecule has 1 aromatic heterocycles. The molecule has 5 nitrogen and oxygen atoms in total. The molecule has 1 unspecified atom stereocenters. The molecule has 1 saturated heterocycles. The standard InChI is InChI=1S/C23H23ClN4O/c1-16-4-6-17(7-5-16)19-13-25-23(26-14-19)28-12-2-3-18(15-28)22(29)27-21-10-8-20(24)9-11-21/h4-11,13-14,18H,2-3,12,15H2,1H3,(H,27,29). The lowest BCUT2D eigenvalue weighted by atomic mass is 9.97. The first kappa shape index (κ1) is 19.4. The van der Waals surface area contributed by atoms with Crippen molar-refractivity contribution in [3.63, 3.8) is 0 Å². The largest absolute Gasteiger partial charge is 0.340 e. The van der Waals surface area contributed by atoms with E-state index in [-0.39, 0.29) is 11.8 Å². The Hall–Kier alpha value is -2.92. The topological polar surface area (TPSA) is 58.1 Å². The molecule has 0 spiro atoms. The molecule has 1 aliphatic rings. The number of nitrogens with zero attached hydrogens (tertiary/aromatic N) is 3. The molecular formula is C23H23ClN4O. The molecule has 29 heavy (non-hydrogen) atoms. The molecule has 1 aliphatic heterocycles. The summed E-state index contributed by atoms with van der Waals surface area (Å²) in [6.45, 7) is 3.54. The highest BCUT2D eigenvalue weighted by Gasteiger charge is 2.27. The number of aromatic nitrogens is 2. The number of rotatable bonds is 4. The van der Waals surface area contributed by atoms with E-state index in [0.717, 1.165) is 36.2 Å². The van der Waals surface area contributed by atoms with E-state index < -0.39 is 0 Å². The molecule has 0 aliphatic carbocycles. The lowest BCUT2D eigenvalue weighted by Gasteiger charge is -2.32. The summed E-state index contributed by atoms with van der Waals surface area (Å²) in [5, 5.41) is 3.63. The van der Waals surface area contributed by atoms with Gasteiger partial charge in [-0.25, -0.2) is 9.97 Å². The summed E-state index contributed by atoms with van der Waals surface area (Å²) in [7, 11) is 0. The highest BCUT2D eigenvalue weighted by atomic mass is 35.5. The van der Waals surface area contributed by atoms with Gasteiger partial charge in [-0.2, -0.15) is 0 Å². The maximum absolute atomic E-state index is 12.7. The van der Waals surface area contributed by atoms with E-state index in [1.54, 1.807) is 12.1 Å². The number of aryl methyl sites for hydroxylation is 1. The van der Waals surface area contributed by atoms with Crippen LogP contribution in [-0.4, -0.2) is 29.0 Å². The van der Waals surface area contributed by atoms with Crippen LogP contribution in [0.5, 0.6) is 0 Å². The molecule has 2 heterocycles. The van der Waals surface area contributed by atoms with E-state index in [4.69, 9.17) is 11.6 Å². The summed E-state index contributed by atoms with van der Waals surface area (Å²) in [5.41, 5.74) is 4.07. The third-order valence-electron chi connectivity index (χ3n) is 5.21. The minimum atomic E-state index is -0.0974. The normalized spacial score (nSPS) is 16.5. The van der Waals surface area contributed by atoms with Crippen LogP contribution >= 0.6 is 11.6 Å². The van der Waals surface area contributed by atoms with Gasteiger partial charge in [-0.1, -0.05) is 41.4 Å². The zero-order chi connectivity index (χ0) is 20.2. The molecule has 0 radical (unpaired) electrons. The van der Waals surface area contributed by atoms with Crippen molar-refractivity contribution in [3.05, 3.63) is 71.5 Å². The Balaban J connectivity index is 1.41. The molecule has 6 heteroatoms. The quantitative estimate of drug-likeness (QED) is 0.665. The van der Waals surface area contributed by atoms with Crippen molar-refractivity contribution >= 4 is 29.1 Å². The summed E-state index contributed by atoms with van der Waals surface area (Å²) < 4.78 is 0. The number of benzene rings is 2. The van der Waals surface area contributed by atoms with Crippen LogP contribution in [0.4, 0.5) is 11.6 Å². The van der Waals surface area contributed by atoms with Gasteiger partial charge in [0.25, 0.3) is 0 Å². The summed E-state index contributed by atoms with van der Waals surface area (Å²) in [5.74, 6) is 0.595. The molecule has 2 aromatic carbocycles. The van der Waals surface area contributed by atoms with Crippen LogP contribution in [-0.2, 0) is 4.79 Å². The van der Waals surface area contributed by atoms with Gasteiger partial charge >= 0.3 is 0 Å². The van der Waals surface area contributed by atoms with E-state index in [2.05, 4.69) is 51.4 Å². The van der Waals surface area contributed by atoms with Crippen LogP contribution in [0.3, 0.4) is 0 Å². The van der Waals surface area contributed by atoms with Crippen molar-refractivity contribution in [1.29, 1.82) is 0 Å². The van der Waals surface area contributed by atoms with Gasteiger partial charge in [0.05, 0.1) is 5.92 Å². The number of anilines is 2. The second-order valence-electron chi connectivity index (χ2n) is 7.42. The molecule has 1 atom stereocenters. The predicted octanol–water partition coefficient (Wildman–Crippen LogP) is 4.96. The summed E-state index contributed by atoms with van der Waals surface area (Å²) in [6, 6.07) is 15.5. The molecule has 1 amide bonds. The lowest BCUT2D eigenvalue weighted by Crippen LogP contribution is -2.41. The van der Waals surface area contributed by atoms with E-state index in [1.165, 1.54) is 5.56 Å². The second kappa shape index (κ2) is 8.62. The van der Waals surface area contributed by atoms with E-state index in [1.807, 2.05) is 24.5 Å². The maximum Gasteiger partial charge on any atom is 0.229 e. The highest BCUT2D eigenvalue weighted by molar-refractivity contribution is 6.30. The third-order valence-corrected chi connectivity index (χ3v) is 5.46. The van der Waals surface area contributed by atoms with E-state index >= 15 is 0 Å². The summed E-state index contributed by atoms with van der Waals surface area (Å²) in [6.07, 6.45) is 5.49. The second-order valence-corrected chi connectivity index (χ2v) is 7.86. The smallest absolute Gasteiger partial charge is 0.229 e. The minimum Gasteiger partial charge on any atom is -0.340 e. The molecule has 0 saturated carbocycles. The number of carbonyl (C=O) groups excluding carboxylic acids is 1. The van der Waals surface area contributed by atoms with Crippen molar-refractivity contribution in [2.75, 3.05) is 23.3 Å². The van der Waals surface area contributed by atoms with Gasteiger partial charge in [-0.15, -0.1) is 0 Å². The SMILES string of the molecule is Cc1ccc(-c2cnc(N3CCCC(C(=O)Nc4ccc(Cl)cc4)C3)nc2)cc1. The van der Waals surface area contributed by atoms with Crippen LogP contribution < -0.4 is 10.2 Å². The van der Waals surface area contributed by atoms with Crippen molar-refractivity contribution in [3.8, 4) is 11.1 Å². The minimum absolute atomic E-state index is 0.0216. The molecule has 4 rings (SSSR count). The van der Waals surface area contributed by atoms with Gasteiger partial charge < -0.3 is 10.2 Å². The first-order chi connectivity index (χ1) is 14.1. The Labute approximate surface area is 175 Å². The lowest BCUT2D eigenvalue weighted by molar-refractivity contribution is -0.120. The summed E-state index contributed by atoms with van der Waals surface area (Å²) >= 11 is 5.91. The molecule has 1 N–H and O–H groups in total. The van der Waals surface area contributed by atoms with Gasteiger partial charge in [0.15, 0.2) is 0 Å². The first-order valence-electron chi connectivity index (χ1n) is 9.79. The fraction of sp³-hybridized carbons (Fsp3) is 0.261. The van der Waals surface area contributed by atoms with Crippen molar-refractivity contribution in [1.82, 2.24) is 9.97 Å². The van der Waals surface area contributed by atoms with Crippen molar-refractivity contribution < 1.29 is 4.79 Å². The van der Waals surface area contributed by atoms with Gasteiger partial charge in [0.1, 0.15) is 0 Å². The number of nitrogens with one attached hydrogen (secondary N) is 1. The van der Waals surface area contributed by atoms with Gasteiger partial charge in [0, 0.05) is 41.8 Å². The Bertz CT molecular complexity index is 971. The average molecular weight is 407 g/mol. The number of amides is 1. The van der Waals surface area contributed by atoms with Crippen LogP contribution in [0, 0.1) is 12.8 Å². The van der Waals surface area contributed by atoms with Crippen molar-refractivity contribution in [2.45, 2.75) is 19.8 Å². The molecule has 1 fully saturated rings. The van der Waals surface area contributed by atoms with E-state index in [9.17, 15) is 4.79 Å². The fourth-order valence-corrected chi connectivity index (χ4v) is 3.66. The molecular weight excluding hydrogens is 384 g/mol. The Morgan fingerprint density at radius 3 is 2.41 bits per heavy atom. The first-order valence-corrected chi connectivity index (χ1v) is 10.2.